The number of hydrogen-bond donors (Lipinski definition) is 1. The van der Waals surface area contributed by atoms with E-state index in [-0.39, 0.29) is 10.3 Å². The minimum absolute atomic E-state index is 0.00221. The molecule has 4 nitrogen and oxygen atoms in total. The van der Waals surface area contributed by atoms with Gasteiger partial charge in [-0.25, -0.2) is 0 Å². The van der Waals surface area contributed by atoms with Gasteiger partial charge in [-0.1, -0.05) is 18.5 Å². The molecule has 5 heteroatoms. The molecule has 1 aromatic rings. The van der Waals surface area contributed by atoms with Crippen molar-refractivity contribution in [3.05, 3.63) is 11.7 Å². The van der Waals surface area contributed by atoms with Crippen molar-refractivity contribution >= 4 is 11.8 Å². The van der Waals surface area contributed by atoms with Crippen LogP contribution in [0.25, 0.3) is 0 Å². The van der Waals surface area contributed by atoms with Crippen LogP contribution >= 0.6 is 11.8 Å². The molecule has 1 atom stereocenters. The summed E-state index contributed by atoms with van der Waals surface area (Å²) in [6.07, 6.45) is 7.93. The zero-order valence-electron chi connectivity index (χ0n) is 12.5. The first-order chi connectivity index (χ1) is 9.56. The lowest BCUT2D eigenvalue weighted by molar-refractivity contribution is 0.216. The first kappa shape index (κ1) is 14.4. The first-order valence-electron chi connectivity index (χ1n) is 7.83. The molecule has 0 amide bonds. The topological polar surface area (TPSA) is 64.9 Å². The summed E-state index contributed by atoms with van der Waals surface area (Å²) in [6, 6.07) is 0. The number of rotatable bonds is 3. The van der Waals surface area contributed by atoms with Gasteiger partial charge in [0.25, 0.3) is 0 Å². The predicted octanol–water partition coefficient (Wildman–Crippen LogP) is 3.57. The summed E-state index contributed by atoms with van der Waals surface area (Å²) in [5.74, 6) is 3.51. The molecule has 0 bridgehead atoms. The maximum absolute atomic E-state index is 6.56. The molecule has 1 unspecified atom stereocenters. The molecule has 112 valence electrons. The van der Waals surface area contributed by atoms with Crippen LogP contribution in [-0.2, 0) is 10.3 Å². The minimum Gasteiger partial charge on any atom is -0.338 e. The van der Waals surface area contributed by atoms with Crippen LogP contribution in [0, 0.1) is 5.92 Å². The molecule has 1 saturated carbocycles. The van der Waals surface area contributed by atoms with E-state index in [1.807, 2.05) is 11.8 Å². The van der Waals surface area contributed by atoms with Gasteiger partial charge in [0, 0.05) is 0 Å². The third kappa shape index (κ3) is 2.50. The van der Waals surface area contributed by atoms with Gasteiger partial charge < -0.3 is 10.3 Å². The Morgan fingerprint density at radius 3 is 2.70 bits per heavy atom. The summed E-state index contributed by atoms with van der Waals surface area (Å²) in [4.78, 5) is 4.69. The van der Waals surface area contributed by atoms with E-state index >= 15 is 0 Å². The highest BCUT2D eigenvalue weighted by molar-refractivity contribution is 8.00. The van der Waals surface area contributed by atoms with E-state index in [1.165, 1.54) is 31.4 Å². The molecule has 3 rings (SSSR count). The van der Waals surface area contributed by atoms with Gasteiger partial charge in [0.05, 0.1) is 10.3 Å². The molecule has 0 spiro atoms. The Labute approximate surface area is 125 Å². The van der Waals surface area contributed by atoms with Gasteiger partial charge in [-0.15, -0.1) is 11.8 Å². The minimum atomic E-state index is -0.368. The second-order valence-electron chi connectivity index (χ2n) is 6.61. The lowest BCUT2D eigenvalue weighted by Crippen LogP contribution is -2.41. The molecular formula is C15H25N3OS. The number of nitrogens with zero attached hydrogens (tertiary/aromatic N) is 2. The fraction of sp³-hybridized carbons (Fsp3) is 0.867. The highest BCUT2D eigenvalue weighted by Crippen LogP contribution is 2.46. The molecule has 1 saturated heterocycles. The molecule has 2 heterocycles. The maximum Gasteiger partial charge on any atom is 0.242 e. The summed E-state index contributed by atoms with van der Waals surface area (Å²) >= 11 is 1.92. The second kappa shape index (κ2) is 5.34. The van der Waals surface area contributed by atoms with E-state index in [9.17, 15) is 0 Å². The van der Waals surface area contributed by atoms with Crippen molar-refractivity contribution in [1.82, 2.24) is 10.1 Å². The van der Waals surface area contributed by atoms with E-state index in [0.717, 1.165) is 36.9 Å². The van der Waals surface area contributed by atoms with Crippen molar-refractivity contribution in [2.24, 2.45) is 11.7 Å². The summed E-state index contributed by atoms with van der Waals surface area (Å²) in [5.41, 5.74) is 6.19. The van der Waals surface area contributed by atoms with Gasteiger partial charge in [0.2, 0.25) is 5.89 Å². The average Bonchev–Trinajstić information content (AvgIpc) is 3.09. The van der Waals surface area contributed by atoms with Crippen LogP contribution in [0.4, 0.5) is 0 Å². The largest absolute Gasteiger partial charge is 0.338 e. The Kier molecular flexibility index (Phi) is 3.84. The summed E-state index contributed by atoms with van der Waals surface area (Å²) in [7, 11) is 0. The molecule has 1 aliphatic heterocycles. The van der Waals surface area contributed by atoms with Gasteiger partial charge in [-0.05, 0) is 57.1 Å². The number of nitrogens with two attached hydrogens (primary N) is 1. The second-order valence-corrected chi connectivity index (χ2v) is 8.21. The van der Waals surface area contributed by atoms with Gasteiger partial charge in [0.1, 0.15) is 0 Å². The summed E-state index contributed by atoms with van der Waals surface area (Å²) < 4.78 is 5.56. The Bertz CT molecular complexity index is 459. The van der Waals surface area contributed by atoms with Crippen LogP contribution < -0.4 is 5.73 Å². The third-order valence-electron chi connectivity index (χ3n) is 5.12. The van der Waals surface area contributed by atoms with Crippen LogP contribution in [-0.4, -0.2) is 15.9 Å². The van der Waals surface area contributed by atoms with Gasteiger partial charge >= 0.3 is 0 Å². The molecule has 20 heavy (non-hydrogen) atoms. The maximum atomic E-state index is 6.56. The quantitative estimate of drug-likeness (QED) is 0.923. The zero-order valence-corrected chi connectivity index (χ0v) is 13.3. The van der Waals surface area contributed by atoms with Gasteiger partial charge in [-0.2, -0.15) is 4.98 Å². The monoisotopic (exact) mass is 295 g/mol. The van der Waals surface area contributed by atoms with Gasteiger partial charge in [-0.3, -0.25) is 0 Å². The van der Waals surface area contributed by atoms with Crippen LogP contribution in [0.5, 0.6) is 0 Å². The van der Waals surface area contributed by atoms with E-state index in [0.29, 0.717) is 0 Å². The molecule has 2 fully saturated rings. The van der Waals surface area contributed by atoms with Crippen molar-refractivity contribution in [2.75, 3.05) is 5.75 Å². The SMILES string of the molecule is CCC1CCC(N)(c2noc(C3(C)CCCS3)n2)CC1. The lowest BCUT2D eigenvalue weighted by Gasteiger charge is -2.34. The van der Waals surface area contributed by atoms with E-state index in [2.05, 4.69) is 24.0 Å². The molecule has 0 aromatic carbocycles. The normalized spacial score (nSPS) is 38.2. The van der Waals surface area contributed by atoms with Crippen LogP contribution in [0.1, 0.15) is 70.5 Å². The third-order valence-corrected chi connectivity index (χ3v) is 6.63. The Morgan fingerprint density at radius 2 is 2.10 bits per heavy atom. The smallest absolute Gasteiger partial charge is 0.242 e. The van der Waals surface area contributed by atoms with E-state index in [4.69, 9.17) is 10.3 Å². The molecule has 1 aromatic heterocycles. The standard InChI is InChI=1S/C15H25N3OS/c1-3-11-5-8-15(16,9-6-11)12-17-13(19-18-12)14(2)7-4-10-20-14/h11H,3-10,16H2,1-2H3. The number of thioether (sulfide) groups is 1. The van der Waals surface area contributed by atoms with Crippen LogP contribution in [0.15, 0.2) is 4.52 Å². The molecule has 1 aliphatic carbocycles. The Balaban J connectivity index is 1.76. The average molecular weight is 295 g/mol. The highest BCUT2D eigenvalue weighted by Gasteiger charge is 2.41. The van der Waals surface area contributed by atoms with Crippen molar-refractivity contribution in [2.45, 2.75) is 69.1 Å². The summed E-state index contributed by atoms with van der Waals surface area (Å²) in [5, 5.41) is 4.23. The van der Waals surface area contributed by atoms with E-state index in [1.54, 1.807) is 0 Å². The fourth-order valence-corrected chi connectivity index (χ4v) is 4.65. The van der Waals surface area contributed by atoms with Crippen LogP contribution in [0.2, 0.25) is 0 Å². The Morgan fingerprint density at radius 1 is 1.35 bits per heavy atom. The lowest BCUT2D eigenvalue weighted by atomic mass is 9.76. The predicted molar refractivity (Wildman–Crippen MR) is 81.5 cm³/mol. The molecule has 2 aliphatic rings. The van der Waals surface area contributed by atoms with Crippen molar-refractivity contribution in [3.8, 4) is 0 Å². The van der Waals surface area contributed by atoms with Gasteiger partial charge in [0.15, 0.2) is 5.82 Å². The zero-order chi connectivity index (χ0) is 14.2. The number of hydrogen-bond acceptors (Lipinski definition) is 5. The van der Waals surface area contributed by atoms with Crippen molar-refractivity contribution in [3.63, 3.8) is 0 Å². The fourth-order valence-electron chi connectivity index (χ4n) is 3.41. The highest BCUT2D eigenvalue weighted by atomic mass is 32.2. The van der Waals surface area contributed by atoms with Crippen molar-refractivity contribution < 1.29 is 4.52 Å². The first-order valence-corrected chi connectivity index (χ1v) is 8.82. The molecule has 0 radical (unpaired) electrons. The van der Waals surface area contributed by atoms with Crippen molar-refractivity contribution in [1.29, 1.82) is 0 Å². The van der Waals surface area contributed by atoms with Crippen LogP contribution in [0.3, 0.4) is 0 Å². The molecular weight excluding hydrogens is 270 g/mol. The van der Waals surface area contributed by atoms with E-state index < -0.39 is 0 Å². The summed E-state index contributed by atoms with van der Waals surface area (Å²) in [6.45, 7) is 4.47. The number of aromatic nitrogens is 2. The Hall–Kier alpha value is -0.550. The molecule has 2 N–H and O–H groups in total.